The number of benzene rings is 1. The van der Waals surface area contributed by atoms with E-state index >= 15 is 0 Å². The maximum Gasteiger partial charge on any atom is 0.251 e. The summed E-state index contributed by atoms with van der Waals surface area (Å²) in [6, 6.07) is 7.38. The van der Waals surface area contributed by atoms with Gasteiger partial charge in [-0.25, -0.2) is 0 Å². The molecular formula is C19H21ClN6O. The van der Waals surface area contributed by atoms with E-state index in [-0.39, 0.29) is 11.9 Å². The predicted octanol–water partition coefficient (Wildman–Crippen LogP) is 2.70. The van der Waals surface area contributed by atoms with Crippen molar-refractivity contribution in [2.24, 2.45) is 7.05 Å². The minimum absolute atomic E-state index is 0.0597. The van der Waals surface area contributed by atoms with Gasteiger partial charge in [-0.15, -0.1) is 10.2 Å². The molecule has 3 aromatic rings. The molecule has 1 aliphatic rings. The van der Waals surface area contributed by atoms with E-state index in [0.717, 1.165) is 30.1 Å². The Kier molecular flexibility index (Phi) is 4.70. The molecule has 0 bridgehead atoms. The van der Waals surface area contributed by atoms with Crippen LogP contribution in [0.25, 0.3) is 0 Å². The molecule has 8 heteroatoms. The van der Waals surface area contributed by atoms with E-state index in [2.05, 4.69) is 20.6 Å². The zero-order valence-electron chi connectivity index (χ0n) is 15.3. The van der Waals surface area contributed by atoms with Gasteiger partial charge in [0, 0.05) is 42.0 Å². The van der Waals surface area contributed by atoms with Crippen LogP contribution in [-0.4, -0.2) is 36.5 Å². The smallest absolute Gasteiger partial charge is 0.251 e. The number of carbonyl (C=O) groups is 1. The summed E-state index contributed by atoms with van der Waals surface area (Å²) >= 11 is 6.03. The molecule has 1 N–H and O–H groups in total. The van der Waals surface area contributed by atoms with E-state index in [9.17, 15) is 4.79 Å². The van der Waals surface area contributed by atoms with Crippen molar-refractivity contribution in [1.82, 2.24) is 29.9 Å². The Labute approximate surface area is 162 Å². The molecular weight excluding hydrogens is 364 g/mol. The summed E-state index contributed by atoms with van der Waals surface area (Å²) in [6.07, 6.45) is 5.39. The van der Waals surface area contributed by atoms with Crippen LogP contribution in [0.1, 0.15) is 46.3 Å². The van der Waals surface area contributed by atoms with Crippen LogP contribution in [0, 0.1) is 6.92 Å². The van der Waals surface area contributed by atoms with Crippen LogP contribution in [0.5, 0.6) is 0 Å². The molecule has 0 saturated heterocycles. The quantitative estimate of drug-likeness (QED) is 0.733. The average molecular weight is 385 g/mol. The minimum atomic E-state index is -0.0597. The van der Waals surface area contributed by atoms with Crippen molar-refractivity contribution in [2.45, 2.75) is 38.3 Å². The zero-order chi connectivity index (χ0) is 19.0. The molecule has 2 heterocycles. The molecule has 1 fully saturated rings. The highest BCUT2D eigenvalue weighted by molar-refractivity contribution is 6.31. The second kappa shape index (κ2) is 7.15. The molecule has 7 nitrogen and oxygen atoms in total. The van der Waals surface area contributed by atoms with E-state index in [1.807, 2.05) is 41.5 Å². The van der Waals surface area contributed by atoms with Crippen LogP contribution in [0.4, 0.5) is 0 Å². The summed E-state index contributed by atoms with van der Waals surface area (Å²) in [5.74, 6) is 2.09. The largest absolute Gasteiger partial charge is 0.349 e. The molecule has 1 amide bonds. The Bertz CT molecular complexity index is 959. The number of rotatable bonds is 5. The van der Waals surface area contributed by atoms with Crippen molar-refractivity contribution in [3.8, 4) is 0 Å². The van der Waals surface area contributed by atoms with Crippen LogP contribution < -0.4 is 5.32 Å². The molecule has 27 heavy (non-hydrogen) atoms. The number of aromatic nitrogens is 5. The van der Waals surface area contributed by atoms with Gasteiger partial charge in [-0.05, 0) is 49.6 Å². The van der Waals surface area contributed by atoms with Crippen molar-refractivity contribution in [3.05, 3.63) is 64.5 Å². The molecule has 0 spiro atoms. The first kappa shape index (κ1) is 17.7. The Morgan fingerprint density at radius 2 is 2.15 bits per heavy atom. The molecule has 1 saturated carbocycles. The van der Waals surface area contributed by atoms with E-state index in [4.69, 9.17) is 11.6 Å². The maximum absolute atomic E-state index is 12.4. The fraction of sp³-hybridized carbons (Fsp3) is 0.368. The van der Waals surface area contributed by atoms with Gasteiger partial charge in [0.25, 0.3) is 5.91 Å². The molecule has 140 valence electrons. The van der Waals surface area contributed by atoms with Crippen molar-refractivity contribution < 1.29 is 4.79 Å². The number of halogens is 1. The number of carbonyl (C=O) groups excluding carboxylic acids is 1. The number of nitrogens with zero attached hydrogens (tertiary/aromatic N) is 5. The lowest BCUT2D eigenvalue weighted by Crippen LogP contribution is -2.44. The van der Waals surface area contributed by atoms with E-state index in [1.54, 1.807) is 18.3 Å². The Balaban J connectivity index is 1.35. The van der Waals surface area contributed by atoms with Gasteiger partial charge >= 0.3 is 0 Å². The summed E-state index contributed by atoms with van der Waals surface area (Å²) in [5, 5.41) is 16.6. The summed E-state index contributed by atoms with van der Waals surface area (Å²) < 4.78 is 3.86. The fourth-order valence-corrected chi connectivity index (χ4v) is 3.53. The van der Waals surface area contributed by atoms with E-state index in [1.165, 1.54) is 0 Å². The summed E-state index contributed by atoms with van der Waals surface area (Å²) in [5.41, 5.74) is 1.54. The van der Waals surface area contributed by atoms with Gasteiger partial charge in [-0.1, -0.05) is 11.6 Å². The SMILES string of the molecule is Cc1cc(C(=O)NC2CC(c3nnc(Cn4cccn4)n3C)C2)ccc1Cl. The molecule has 2 aromatic heterocycles. The summed E-state index contributed by atoms with van der Waals surface area (Å²) in [6.45, 7) is 2.49. The fourth-order valence-electron chi connectivity index (χ4n) is 3.41. The first-order valence-electron chi connectivity index (χ1n) is 8.94. The third-order valence-corrected chi connectivity index (χ3v) is 5.54. The zero-order valence-corrected chi connectivity index (χ0v) is 16.0. The van der Waals surface area contributed by atoms with Gasteiger partial charge in [0.05, 0.1) is 0 Å². The highest BCUT2D eigenvalue weighted by Crippen LogP contribution is 2.36. The lowest BCUT2D eigenvalue weighted by molar-refractivity contribution is 0.0907. The predicted molar refractivity (Wildman–Crippen MR) is 102 cm³/mol. The maximum atomic E-state index is 12.4. The normalized spacial score (nSPS) is 18.9. The molecule has 4 rings (SSSR count). The minimum Gasteiger partial charge on any atom is -0.349 e. The van der Waals surface area contributed by atoms with Gasteiger partial charge in [0.15, 0.2) is 5.82 Å². The van der Waals surface area contributed by atoms with Crippen molar-refractivity contribution in [3.63, 3.8) is 0 Å². The monoisotopic (exact) mass is 384 g/mol. The van der Waals surface area contributed by atoms with Gasteiger partial charge in [0.2, 0.25) is 0 Å². The van der Waals surface area contributed by atoms with Crippen molar-refractivity contribution >= 4 is 17.5 Å². The van der Waals surface area contributed by atoms with Crippen LogP contribution in [0.15, 0.2) is 36.7 Å². The van der Waals surface area contributed by atoms with Crippen molar-refractivity contribution in [1.29, 1.82) is 0 Å². The molecule has 1 aliphatic carbocycles. The Morgan fingerprint density at radius 1 is 1.33 bits per heavy atom. The van der Waals surface area contributed by atoms with Crippen LogP contribution in [-0.2, 0) is 13.6 Å². The molecule has 0 radical (unpaired) electrons. The topological polar surface area (TPSA) is 77.6 Å². The van der Waals surface area contributed by atoms with E-state index < -0.39 is 0 Å². The molecule has 0 atom stereocenters. The first-order valence-corrected chi connectivity index (χ1v) is 9.31. The van der Waals surface area contributed by atoms with Gasteiger partial charge in [-0.2, -0.15) is 5.10 Å². The standard InChI is InChI=1S/C19H21ClN6O/c1-12-8-13(4-5-16(12)20)19(27)22-15-9-14(10-15)18-24-23-17(25(18)2)11-26-7-3-6-21-26/h3-8,14-15H,9-11H2,1-2H3,(H,22,27). The summed E-state index contributed by atoms with van der Waals surface area (Å²) in [7, 11) is 1.98. The lowest BCUT2D eigenvalue weighted by Gasteiger charge is -2.35. The van der Waals surface area contributed by atoms with Gasteiger partial charge in [-0.3, -0.25) is 9.48 Å². The third kappa shape index (κ3) is 3.60. The number of aryl methyl sites for hydroxylation is 1. The van der Waals surface area contributed by atoms with Crippen LogP contribution in [0.2, 0.25) is 5.02 Å². The number of amides is 1. The van der Waals surface area contributed by atoms with E-state index in [0.29, 0.717) is 23.0 Å². The third-order valence-electron chi connectivity index (χ3n) is 5.12. The summed E-state index contributed by atoms with van der Waals surface area (Å²) in [4.78, 5) is 12.4. The first-order chi connectivity index (χ1) is 13.0. The molecule has 0 unspecified atom stereocenters. The highest BCUT2D eigenvalue weighted by Gasteiger charge is 2.35. The number of hydrogen-bond donors (Lipinski definition) is 1. The van der Waals surface area contributed by atoms with Crippen molar-refractivity contribution in [2.75, 3.05) is 0 Å². The lowest BCUT2D eigenvalue weighted by atomic mass is 9.79. The number of hydrogen-bond acceptors (Lipinski definition) is 4. The van der Waals surface area contributed by atoms with Gasteiger partial charge in [0.1, 0.15) is 12.4 Å². The van der Waals surface area contributed by atoms with Gasteiger partial charge < -0.3 is 9.88 Å². The second-order valence-electron chi connectivity index (χ2n) is 7.04. The highest BCUT2D eigenvalue weighted by atomic mass is 35.5. The number of nitrogens with one attached hydrogen (secondary N) is 1. The average Bonchev–Trinajstić information content (AvgIpc) is 3.24. The van der Waals surface area contributed by atoms with Crippen LogP contribution in [0.3, 0.4) is 0 Å². The Morgan fingerprint density at radius 3 is 2.85 bits per heavy atom. The molecule has 0 aliphatic heterocycles. The second-order valence-corrected chi connectivity index (χ2v) is 7.45. The molecule has 1 aromatic carbocycles. The van der Waals surface area contributed by atoms with Crippen LogP contribution >= 0.6 is 11.6 Å². The Hall–Kier alpha value is -2.67.